The fourth-order valence-corrected chi connectivity index (χ4v) is 4.70. The smallest absolute Gasteiger partial charge is 0.182 e. The van der Waals surface area contributed by atoms with Gasteiger partial charge in [-0.2, -0.15) is 0 Å². The van der Waals surface area contributed by atoms with E-state index in [0.717, 1.165) is 66.9 Å². The summed E-state index contributed by atoms with van der Waals surface area (Å²) in [5.74, 6) is 1.75. The zero-order chi connectivity index (χ0) is 22.6. The second-order valence-electron chi connectivity index (χ2n) is 8.97. The molecule has 1 atom stereocenters. The van der Waals surface area contributed by atoms with Crippen molar-refractivity contribution in [3.05, 3.63) is 48.8 Å². The van der Waals surface area contributed by atoms with Crippen LogP contribution in [0.4, 0.5) is 5.82 Å². The van der Waals surface area contributed by atoms with Crippen LogP contribution in [-0.2, 0) is 6.42 Å². The Balaban J connectivity index is 1.31. The summed E-state index contributed by atoms with van der Waals surface area (Å²) >= 11 is 0. The number of aromatic nitrogens is 5. The van der Waals surface area contributed by atoms with Crippen molar-refractivity contribution in [3.8, 4) is 5.75 Å². The molecule has 5 rings (SSSR count). The molecule has 0 bridgehead atoms. The third-order valence-corrected chi connectivity index (χ3v) is 6.39. The van der Waals surface area contributed by atoms with Crippen molar-refractivity contribution >= 4 is 27.8 Å². The van der Waals surface area contributed by atoms with E-state index in [1.165, 1.54) is 11.8 Å². The van der Waals surface area contributed by atoms with Gasteiger partial charge in [0.05, 0.1) is 18.6 Å². The predicted molar refractivity (Wildman–Crippen MR) is 131 cm³/mol. The van der Waals surface area contributed by atoms with Crippen molar-refractivity contribution in [1.29, 1.82) is 0 Å². The van der Waals surface area contributed by atoms with Crippen molar-refractivity contribution in [1.82, 2.24) is 29.8 Å². The second kappa shape index (κ2) is 9.70. The van der Waals surface area contributed by atoms with Gasteiger partial charge < -0.3 is 19.5 Å². The number of hydrogen-bond acceptors (Lipinski definition) is 7. The lowest BCUT2D eigenvalue weighted by atomic mass is 10.0. The molecule has 33 heavy (non-hydrogen) atoms. The summed E-state index contributed by atoms with van der Waals surface area (Å²) in [6.07, 6.45) is 10.6. The Morgan fingerprint density at radius 1 is 1.09 bits per heavy atom. The van der Waals surface area contributed by atoms with E-state index in [1.54, 1.807) is 12.7 Å². The van der Waals surface area contributed by atoms with Gasteiger partial charge in [-0.25, -0.2) is 15.0 Å². The quantitative estimate of drug-likeness (QED) is 0.392. The molecule has 0 spiro atoms. The van der Waals surface area contributed by atoms with Gasteiger partial charge in [-0.1, -0.05) is 24.3 Å². The van der Waals surface area contributed by atoms with E-state index >= 15 is 0 Å². The number of aryl methyl sites for hydroxylation is 1. The molecule has 0 saturated carbocycles. The lowest BCUT2D eigenvalue weighted by Gasteiger charge is -2.26. The van der Waals surface area contributed by atoms with E-state index in [0.29, 0.717) is 12.3 Å². The molecule has 1 fully saturated rings. The van der Waals surface area contributed by atoms with Gasteiger partial charge in [0.15, 0.2) is 11.5 Å². The number of unbranched alkanes of at least 4 members (excludes halogenated alkanes) is 1. The molecule has 8 nitrogen and oxygen atoms in total. The number of benzene rings is 1. The predicted octanol–water partition coefficient (Wildman–Crippen LogP) is 3.83. The number of hydrogen-bond donors (Lipinski definition) is 1. The molecule has 1 saturated heterocycles. The van der Waals surface area contributed by atoms with Crippen LogP contribution in [0.5, 0.6) is 5.75 Å². The van der Waals surface area contributed by atoms with Crippen molar-refractivity contribution in [2.24, 2.45) is 0 Å². The van der Waals surface area contributed by atoms with Crippen LogP contribution in [0.15, 0.2) is 43.1 Å². The fourth-order valence-electron chi connectivity index (χ4n) is 4.70. The first-order chi connectivity index (χ1) is 16.2. The molecule has 0 unspecified atom stereocenters. The molecule has 0 amide bonds. The van der Waals surface area contributed by atoms with Gasteiger partial charge in [0.25, 0.3) is 0 Å². The van der Waals surface area contributed by atoms with E-state index in [9.17, 15) is 0 Å². The Kier molecular flexibility index (Phi) is 6.35. The maximum Gasteiger partial charge on any atom is 0.182 e. The second-order valence-corrected chi connectivity index (χ2v) is 8.97. The third-order valence-electron chi connectivity index (χ3n) is 6.39. The largest absolute Gasteiger partial charge is 0.489 e. The highest BCUT2D eigenvalue weighted by molar-refractivity contribution is 5.89. The molecule has 1 aliphatic heterocycles. The Morgan fingerprint density at radius 3 is 2.85 bits per heavy atom. The molecule has 8 heteroatoms. The van der Waals surface area contributed by atoms with E-state index in [-0.39, 0.29) is 6.04 Å². The molecule has 3 aromatic heterocycles. The van der Waals surface area contributed by atoms with Gasteiger partial charge in [-0.3, -0.25) is 4.98 Å². The molecule has 1 aliphatic rings. The number of anilines is 1. The van der Waals surface area contributed by atoms with Crippen LogP contribution >= 0.6 is 0 Å². The van der Waals surface area contributed by atoms with Crippen LogP contribution in [0.1, 0.15) is 31.4 Å². The maximum absolute atomic E-state index is 6.38. The summed E-state index contributed by atoms with van der Waals surface area (Å²) in [4.78, 5) is 25.6. The number of rotatable bonds is 9. The van der Waals surface area contributed by atoms with Crippen LogP contribution in [0, 0.1) is 0 Å². The number of pyridine rings is 1. The zero-order valence-electron chi connectivity index (χ0n) is 19.4. The average molecular weight is 446 g/mol. The Hall–Kier alpha value is -3.26. The summed E-state index contributed by atoms with van der Waals surface area (Å²) < 4.78 is 6.38. The SMILES string of the molecule is CN(C)CCCCc1ncc(OC[C@H]2CCCN2c2ncnc3nc[nH]c23)c2ccccc12. The Labute approximate surface area is 194 Å². The first-order valence-corrected chi connectivity index (χ1v) is 11.8. The van der Waals surface area contributed by atoms with Gasteiger partial charge in [0.2, 0.25) is 0 Å². The number of aromatic amines is 1. The molecule has 4 heterocycles. The molecular weight excluding hydrogens is 414 g/mol. The van der Waals surface area contributed by atoms with Gasteiger partial charge in [-0.05, 0) is 52.7 Å². The van der Waals surface area contributed by atoms with Crippen LogP contribution in [0.25, 0.3) is 21.9 Å². The molecule has 4 aromatic rings. The number of nitrogens with zero attached hydrogens (tertiary/aromatic N) is 6. The van der Waals surface area contributed by atoms with Crippen LogP contribution in [-0.4, -0.2) is 69.7 Å². The number of fused-ring (bicyclic) bond motifs is 2. The number of H-pyrrole nitrogens is 1. The summed E-state index contributed by atoms with van der Waals surface area (Å²) in [6.45, 7) is 2.64. The highest BCUT2D eigenvalue weighted by Crippen LogP contribution is 2.31. The molecule has 1 aromatic carbocycles. The van der Waals surface area contributed by atoms with E-state index in [1.807, 2.05) is 6.20 Å². The highest BCUT2D eigenvalue weighted by Gasteiger charge is 2.28. The van der Waals surface area contributed by atoms with Crippen LogP contribution in [0.3, 0.4) is 0 Å². The first-order valence-electron chi connectivity index (χ1n) is 11.8. The number of imidazole rings is 1. The Morgan fingerprint density at radius 2 is 1.97 bits per heavy atom. The summed E-state index contributed by atoms with van der Waals surface area (Å²) in [7, 11) is 4.24. The summed E-state index contributed by atoms with van der Waals surface area (Å²) in [5.41, 5.74) is 2.74. The van der Waals surface area contributed by atoms with Crippen molar-refractivity contribution in [2.75, 3.05) is 38.7 Å². The lowest BCUT2D eigenvalue weighted by molar-refractivity contribution is 0.290. The highest BCUT2D eigenvalue weighted by atomic mass is 16.5. The van der Waals surface area contributed by atoms with E-state index < -0.39 is 0 Å². The monoisotopic (exact) mass is 445 g/mol. The van der Waals surface area contributed by atoms with Crippen molar-refractivity contribution in [2.45, 2.75) is 38.1 Å². The first kappa shape index (κ1) is 21.6. The third kappa shape index (κ3) is 4.61. The average Bonchev–Trinajstić information content (AvgIpc) is 3.50. The van der Waals surface area contributed by atoms with Crippen LogP contribution < -0.4 is 9.64 Å². The summed E-state index contributed by atoms with van der Waals surface area (Å²) in [5, 5.41) is 2.33. The summed E-state index contributed by atoms with van der Waals surface area (Å²) in [6, 6.07) is 8.70. The van der Waals surface area contributed by atoms with Crippen LogP contribution in [0.2, 0.25) is 0 Å². The Bertz CT molecular complexity index is 1220. The molecule has 172 valence electrons. The van der Waals surface area contributed by atoms with Crippen molar-refractivity contribution < 1.29 is 4.74 Å². The molecule has 0 radical (unpaired) electrons. The normalized spacial score (nSPS) is 16.3. The van der Waals surface area contributed by atoms with E-state index in [4.69, 9.17) is 9.72 Å². The lowest BCUT2D eigenvalue weighted by Crippen LogP contribution is -2.35. The zero-order valence-corrected chi connectivity index (χ0v) is 19.4. The van der Waals surface area contributed by atoms with E-state index in [2.05, 4.69) is 68.1 Å². The minimum Gasteiger partial charge on any atom is -0.489 e. The van der Waals surface area contributed by atoms with Gasteiger partial charge >= 0.3 is 0 Å². The van der Waals surface area contributed by atoms with Crippen molar-refractivity contribution in [3.63, 3.8) is 0 Å². The molecule has 0 aliphatic carbocycles. The minimum atomic E-state index is 0.246. The minimum absolute atomic E-state index is 0.246. The standard InChI is InChI=1S/C25H31N7O/c1-31(2)12-6-5-11-21-19-9-3-4-10-20(19)22(14-26-21)33-15-18-8-7-13-32(18)25-23-24(28-16-27-23)29-17-30-25/h3-4,9-10,14,16-18H,5-8,11-13,15H2,1-2H3,(H,27,28,29,30)/t18-/m1/s1. The van der Waals surface area contributed by atoms with Gasteiger partial charge in [-0.15, -0.1) is 0 Å². The maximum atomic E-state index is 6.38. The number of nitrogens with one attached hydrogen (secondary N) is 1. The molecule has 1 N–H and O–H groups in total. The molecular formula is C25H31N7O. The topological polar surface area (TPSA) is 83.1 Å². The van der Waals surface area contributed by atoms with Gasteiger partial charge in [0.1, 0.15) is 24.2 Å². The fraction of sp³-hybridized carbons (Fsp3) is 0.440. The number of ether oxygens (including phenoxy) is 1. The van der Waals surface area contributed by atoms with Gasteiger partial charge in [0, 0.05) is 23.0 Å².